The Morgan fingerprint density at radius 2 is 2.36 bits per heavy atom. The minimum Gasteiger partial charge on any atom is -0.475 e. The Bertz CT molecular complexity index is 334. The van der Waals surface area contributed by atoms with E-state index in [9.17, 15) is 4.79 Å². The van der Waals surface area contributed by atoms with Crippen LogP contribution in [-0.4, -0.2) is 25.9 Å². The SMILES string of the molecule is CC(C)SCc1cnc(C(=O)O)n1C. The maximum absolute atomic E-state index is 10.7. The minimum absolute atomic E-state index is 0.101. The van der Waals surface area contributed by atoms with Crippen molar-refractivity contribution in [3.05, 3.63) is 17.7 Å². The molecule has 0 amide bonds. The monoisotopic (exact) mass is 214 g/mol. The molecule has 5 heteroatoms. The van der Waals surface area contributed by atoms with Crippen LogP contribution in [0.25, 0.3) is 0 Å². The van der Waals surface area contributed by atoms with Crippen LogP contribution in [0.5, 0.6) is 0 Å². The Kier molecular flexibility index (Phi) is 3.57. The zero-order valence-electron chi connectivity index (χ0n) is 8.52. The second kappa shape index (κ2) is 4.50. The summed E-state index contributed by atoms with van der Waals surface area (Å²) < 4.78 is 1.62. The van der Waals surface area contributed by atoms with E-state index in [2.05, 4.69) is 18.8 Å². The minimum atomic E-state index is -0.978. The quantitative estimate of drug-likeness (QED) is 0.829. The van der Waals surface area contributed by atoms with Crippen molar-refractivity contribution < 1.29 is 9.90 Å². The Hall–Kier alpha value is -0.970. The number of nitrogens with zero attached hydrogens (tertiary/aromatic N) is 2. The molecule has 0 atom stereocenters. The van der Waals surface area contributed by atoms with Gasteiger partial charge in [0.2, 0.25) is 5.82 Å². The molecule has 0 saturated heterocycles. The highest BCUT2D eigenvalue weighted by Gasteiger charge is 2.12. The third-order valence-electron chi connectivity index (χ3n) is 1.84. The third kappa shape index (κ3) is 2.51. The maximum Gasteiger partial charge on any atom is 0.372 e. The fraction of sp³-hybridized carbons (Fsp3) is 0.556. The van der Waals surface area contributed by atoms with Gasteiger partial charge in [0.1, 0.15) is 0 Å². The number of hydrogen-bond acceptors (Lipinski definition) is 3. The highest BCUT2D eigenvalue weighted by atomic mass is 32.2. The number of aromatic carboxylic acids is 1. The molecule has 0 aromatic carbocycles. The van der Waals surface area contributed by atoms with Gasteiger partial charge in [0.25, 0.3) is 0 Å². The molecule has 1 heterocycles. The van der Waals surface area contributed by atoms with Gasteiger partial charge in [0, 0.05) is 24.7 Å². The van der Waals surface area contributed by atoms with E-state index < -0.39 is 5.97 Å². The van der Waals surface area contributed by atoms with Gasteiger partial charge >= 0.3 is 5.97 Å². The van der Waals surface area contributed by atoms with Crippen molar-refractivity contribution >= 4 is 17.7 Å². The van der Waals surface area contributed by atoms with Gasteiger partial charge in [0.15, 0.2) is 0 Å². The summed E-state index contributed by atoms with van der Waals surface area (Å²) in [6.07, 6.45) is 1.62. The number of carbonyl (C=O) groups is 1. The second-order valence-electron chi connectivity index (χ2n) is 3.30. The molecular weight excluding hydrogens is 200 g/mol. The predicted octanol–water partition coefficient (Wildman–Crippen LogP) is 1.76. The molecule has 14 heavy (non-hydrogen) atoms. The first-order valence-electron chi connectivity index (χ1n) is 4.38. The normalized spacial score (nSPS) is 10.9. The van der Waals surface area contributed by atoms with Crippen molar-refractivity contribution in [2.75, 3.05) is 0 Å². The van der Waals surface area contributed by atoms with Gasteiger partial charge in [-0.25, -0.2) is 9.78 Å². The summed E-state index contributed by atoms with van der Waals surface area (Å²) in [6.45, 7) is 4.22. The number of thioether (sulfide) groups is 1. The average Bonchev–Trinajstić information content (AvgIpc) is 2.43. The average molecular weight is 214 g/mol. The smallest absolute Gasteiger partial charge is 0.372 e. The van der Waals surface area contributed by atoms with E-state index in [1.807, 2.05) is 0 Å². The summed E-state index contributed by atoms with van der Waals surface area (Å²) in [6, 6.07) is 0. The van der Waals surface area contributed by atoms with E-state index in [-0.39, 0.29) is 5.82 Å². The van der Waals surface area contributed by atoms with Crippen molar-refractivity contribution in [2.24, 2.45) is 7.05 Å². The van der Waals surface area contributed by atoms with E-state index in [1.165, 1.54) is 0 Å². The second-order valence-corrected chi connectivity index (χ2v) is 4.86. The van der Waals surface area contributed by atoms with Crippen LogP contribution in [0.4, 0.5) is 0 Å². The molecule has 0 bridgehead atoms. The molecule has 0 radical (unpaired) electrons. The van der Waals surface area contributed by atoms with E-state index in [1.54, 1.807) is 29.6 Å². The van der Waals surface area contributed by atoms with Gasteiger partial charge < -0.3 is 9.67 Å². The molecular formula is C9H14N2O2S. The topological polar surface area (TPSA) is 55.1 Å². The van der Waals surface area contributed by atoms with Crippen LogP contribution in [0.3, 0.4) is 0 Å². The molecule has 1 aromatic rings. The van der Waals surface area contributed by atoms with Crippen LogP contribution < -0.4 is 0 Å². The van der Waals surface area contributed by atoms with Crippen molar-refractivity contribution in [2.45, 2.75) is 24.9 Å². The van der Waals surface area contributed by atoms with Gasteiger partial charge in [-0.2, -0.15) is 11.8 Å². The summed E-state index contributed by atoms with van der Waals surface area (Å²) in [4.78, 5) is 14.5. The number of aromatic nitrogens is 2. The van der Waals surface area contributed by atoms with Gasteiger partial charge in [-0.1, -0.05) is 13.8 Å². The summed E-state index contributed by atoms with van der Waals surface area (Å²) in [5, 5.41) is 9.31. The van der Waals surface area contributed by atoms with E-state index in [0.29, 0.717) is 5.25 Å². The predicted molar refractivity (Wildman–Crippen MR) is 56.6 cm³/mol. The first kappa shape index (κ1) is 11.1. The van der Waals surface area contributed by atoms with Crippen LogP contribution in [0.15, 0.2) is 6.20 Å². The van der Waals surface area contributed by atoms with Gasteiger partial charge in [-0.05, 0) is 5.25 Å². The molecule has 0 aliphatic heterocycles. The molecule has 4 nitrogen and oxygen atoms in total. The number of carboxylic acids is 1. The number of hydrogen-bond donors (Lipinski definition) is 1. The molecule has 0 aliphatic carbocycles. The van der Waals surface area contributed by atoms with Crippen molar-refractivity contribution in [3.63, 3.8) is 0 Å². The fourth-order valence-electron chi connectivity index (χ4n) is 1.03. The molecule has 0 aliphatic rings. The van der Waals surface area contributed by atoms with Crippen LogP contribution in [0.1, 0.15) is 30.2 Å². The Labute approximate surface area is 87.3 Å². The highest BCUT2D eigenvalue weighted by molar-refractivity contribution is 7.99. The molecule has 1 aromatic heterocycles. The molecule has 0 fully saturated rings. The van der Waals surface area contributed by atoms with E-state index in [0.717, 1.165) is 11.4 Å². The fourth-order valence-corrected chi connectivity index (χ4v) is 1.80. The van der Waals surface area contributed by atoms with Crippen LogP contribution in [0, 0.1) is 0 Å². The van der Waals surface area contributed by atoms with E-state index in [4.69, 9.17) is 5.11 Å². The van der Waals surface area contributed by atoms with Crippen molar-refractivity contribution in [1.29, 1.82) is 0 Å². The van der Waals surface area contributed by atoms with Gasteiger partial charge in [-0.15, -0.1) is 0 Å². The maximum atomic E-state index is 10.7. The van der Waals surface area contributed by atoms with E-state index >= 15 is 0 Å². The zero-order valence-corrected chi connectivity index (χ0v) is 9.34. The highest BCUT2D eigenvalue weighted by Crippen LogP contribution is 2.17. The number of imidazole rings is 1. The Morgan fingerprint density at radius 1 is 1.71 bits per heavy atom. The molecule has 1 N–H and O–H groups in total. The van der Waals surface area contributed by atoms with Gasteiger partial charge in [0.05, 0.1) is 0 Å². The summed E-state index contributed by atoms with van der Waals surface area (Å²) in [7, 11) is 1.73. The lowest BCUT2D eigenvalue weighted by Gasteiger charge is -2.05. The lowest BCUT2D eigenvalue weighted by Crippen LogP contribution is -2.08. The molecule has 0 unspecified atom stereocenters. The molecule has 78 valence electrons. The summed E-state index contributed by atoms with van der Waals surface area (Å²) in [5.41, 5.74) is 0.945. The largest absolute Gasteiger partial charge is 0.475 e. The van der Waals surface area contributed by atoms with Crippen LogP contribution >= 0.6 is 11.8 Å². The number of carboxylic acid groups (broad SMARTS) is 1. The Morgan fingerprint density at radius 3 is 2.79 bits per heavy atom. The van der Waals surface area contributed by atoms with Crippen molar-refractivity contribution in [3.8, 4) is 0 Å². The van der Waals surface area contributed by atoms with Gasteiger partial charge in [-0.3, -0.25) is 0 Å². The van der Waals surface area contributed by atoms with Crippen LogP contribution in [0.2, 0.25) is 0 Å². The standard InChI is InChI=1S/C9H14N2O2S/c1-6(2)14-5-7-4-10-8(9(12)13)11(7)3/h4,6H,5H2,1-3H3,(H,12,13). The molecule has 1 rings (SSSR count). The zero-order chi connectivity index (χ0) is 10.7. The summed E-state index contributed by atoms with van der Waals surface area (Å²) >= 11 is 1.77. The molecule has 0 saturated carbocycles. The first-order valence-corrected chi connectivity index (χ1v) is 5.42. The lowest BCUT2D eigenvalue weighted by molar-refractivity contribution is 0.0679. The lowest BCUT2D eigenvalue weighted by atomic mass is 10.5. The third-order valence-corrected chi connectivity index (χ3v) is 2.97. The van der Waals surface area contributed by atoms with Crippen molar-refractivity contribution in [1.82, 2.24) is 9.55 Å². The van der Waals surface area contributed by atoms with Crippen LogP contribution in [-0.2, 0) is 12.8 Å². The Balaban J connectivity index is 2.74. The summed E-state index contributed by atoms with van der Waals surface area (Å²) in [5.74, 6) is -0.0771. The first-order chi connectivity index (χ1) is 6.52. The molecule has 0 spiro atoms. The number of rotatable bonds is 4.